The van der Waals surface area contributed by atoms with Gasteiger partial charge in [-0.25, -0.2) is 9.37 Å². The van der Waals surface area contributed by atoms with Gasteiger partial charge in [-0.1, -0.05) is 18.2 Å². The summed E-state index contributed by atoms with van der Waals surface area (Å²) in [6, 6.07) is 6.54. The van der Waals surface area contributed by atoms with Gasteiger partial charge in [0.25, 0.3) is 0 Å². The molecule has 0 N–H and O–H groups in total. The van der Waals surface area contributed by atoms with Crippen molar-refractivity contribution < 1.29 is 9.18 Å². The molecule has 23 heavy (non-hydrogen) atoms. The molecule has 1 aromatic heterocycles. The van der Waals surface area contributed by atoms with Crippen molar-refractivity contribution in [3.8, 4) is 0 Å². The van der Waals surface area contributed by atoms with Crippen LogP contribution in [0.15, 0.2) is 41.9 Å². The Hall–Kier alpha value is -2.05. The highest BCUT2D eigenvalue weighted by Crippen LogP contribution is 2.12. The van der Waals surface area contributed by atoms with Gasteiger partial charge in [-0.3, -0.25) is 4.79 Å². The molecule has 0 fully saturated rings. The quantitative estimate of drug-likeness (QED) is 0.731. The third-order valence-corrected chi connectivity index (χ3v) is 4.01. The highest BCUT2D eigenvalue weighted by atomic mass is 32.1. The van der Waals surface area contributed by atoms with Crippen molar-refractivity contribution >= 4 is 23.3 Å². The highest BCUT2D eigenvalue weighted by molar-refractivity contribution is 7.10. The smallest absolute Gasteiger partial charge is 0.247 e. The van der Waals surface area contributed by atoms with Gasteiger partial charge in [0.05, 0.1) is 0 Å². The van der Waals surface area contributed by atoms with Gasteiger partial charge in [0.1, 0.15) is 10.8 Å². The second-order valence-electron chi connectivity index (χ2n) is 5.36. The number of amides is 1. The summed E-state index contributed by atoms with van der Waals surface area (Å²) >= 11 is 1.46. The fourth-order valence-electron chi connectivity index (χ4n) is 1.98. The molecule has 2 aromatic rings. The summed E-state index contributed by atoms with van der Waals surface area (Å²) in [4.78, 5) is 20.2. The maximum atomic E-state index is 13.8. The van der Waals surface area contributed by atoms with Crippen LogP contribution in [0.25, 0.3) is 6.08 Å². The normalized spacial score (nSPS) is 11.3. The molecule has 0 saturated heterocycles. The van der Waals surface area contributed by atoms with Gasteiger partial charge >= 0.3 is 0 Å². The average molecular weight is 333 g/mol. The van der Waals surface area contributed by atoms with E-state index in [1.54, 1.807) is 35.4 Å². The SMILES string of the molecule is CN(C)CCN(Cc1ccccc1F)C(=O)/C=C\c1nccs1. The molecule has 0 aliphatic rings. The fraction of sp³-hybridized carbons (Fsp3) is 0.294. The Balaban J connectivity index is 2.09. The minimum absolute atomic E-state index is 0.148. The number of benzene rings is 1. The van der Waals surface area contributed by atoms with Crippen LogP contribution in [0.3, 0.4) is 0 Å². The molecule has 0 aliphatic carbocycles. The number of rotatable bonds is 7. The monoisotopic (exact) mass is 333 g/mol. The summed E-state index contributed by atoms with van der Waals surface area (Å²) in [6.45, 7) is 1.50. The number of halogens is 1. The lowest BCUT2D eigenvalue weighted by atomic mass is 10.2. The van der Waals surface area contributed by atoms with Gasteiger partial charge < -0.3 is 9.80 Å². The maximum Gasteiger partial charge on any atom is 0.247 e. The van der Waals surface area contributed by atoms with Crippen molar-refractivity contribution in [3.05, 3.63) is 58.3 Å². The predicted molar refractivity (Wildman–Crippen MR) is 91.5 cm³/mol. The van der Waals surface area contributed by atoms with E-state index in [1.165, 1.54) is 23.5 Å². The first-order valence-corrected chi connectivity index (χ1v) is 8.19. The zero-order valence-electron chi connectivity index (χ0n) is 13.3. The lowest BCUT2D eigenvalue weighted by molar-refractivity contribution is -0.126. The van der Waals surface area contributed by atoms with E-state index in [0.717, 1.165) is 5.01 Å². The largest absolute Gasteiger partial charge is 0.333 e. The Labute approximate surface area is 139 Å². The molecule has 0 bridgehead atoms. The van der Waals surface area contributed by atoms with Crippen LogP contribution in [-0.4, -0.2) is 47.9 Å². The van der Waals surface area contributed by atoms with Gasteiger partial charge in [-0.05, 0) is 26.2 Å². The van der Waals surface area contributed by atoms with Crippen LogP contribution in [0.4, 0.5) is 4.39 Å². The van der Waals surface area contributed by atoms with Crippen LogP contribution >= 0.6 is 11.3 Å². The first-order valence-electron chi connectivity index (χ1n) is 7.31. The van der Waals surface area contributed by atoms with Gasteiger partial charge in [-0.15, -0.1) is 11.3 Å². The van der Waals surface area contributed by atoms with Gasteiger partial charge in [-0.2, -0.15) is 0 Å². The van der Waals surface area contributed by atoms with Crippen LogP contribution in [-0.2, 0) is 11.3 Å². The number of thiazole rings is 1. The molecule has 0 unspecified atom stereocenters. The van der Waals surface area contributed by atoms with Crippen molar-refractivity contribution in [2.45, 2.75) is 6.54 Å². The third kappa shape index (κ3) is 5.58. The molecule has 0 aliphatic heterocycles. The predicted octanol–water partition coefficient (Wildman–Crippen LogP) is 2.89. The Morgan fingerprint density at radius 3 is 2.74 bits per heavy atom. The molecular weight excluding hydrogens is 313 g/mol. The molecule has 1 aromatic carbocycles. The maximum absolute atomic E-state index is 13.8. The van der Waals surface area contributed by atoms with Crippen molar-refractivity contribution in [3.63, 3.8) is 0 Å². The number of likely N-dealkylation sites (N-methyl/N-ethyl adjacent to an activating group) is 1. The molecule has 0 saturated carbocycles. The van der Waals surface area contributed by atoms with Gasteiger partial charge in [0, 0.05) is 42.9 Å². The van der Waals surface area contributed by atoms with Crippen molar-refractivity contribution in [1.29, 1.82) is 0 Å². The lowest BCUT2D eigenvalue weighted by Crippen LogP contribution is -2.35. The standard InChI is InChI=1S/C17H20FN3OS/c1-20(2)10-11-21(13-14-5-3-4-6-15(14)18)17(22)8-7-16-19-9-12-23-16/h3-9,12H,10-11,13H2,1-2H3/b8-7-. The minimum atomic E-state index is -0.293. The van der Waals surface area contributed by atoms with E-state index in [2.05, 4.69) is 4.98 Å². The number of carbonyl (C=O) groups excluding carboxylic acids is 1. The fourth-order valence-corrected chi connectivity index (χ4v) is 2.51. The molecule has 1 heterocycles. The van der Waals surface area contributed by atoms with Crippen LogP contribution < -0.4 is 0 Å². The van der Waals surface area contributed by atoms with Gasteiger partial charge in [0.2, 0.25) is 5.91 Å². The molecule has 2 rings (SSSR count). The zero-order valence-corrected chi connectivity index (χ0v) is 14.1. The molecule has 0 spiro atoms. The number of nitrogens with zero attached hydrogens (tertiary/aromatic N) is 3. The highest BCUT2D eigenvalue weighted by Gasteiger charge is 2.14. The van der Waals surface area contributed by atoms with Crippen molar-refractivity contribution in [2.24, 2.45) is 0 Å². The number of carbonyl (C=O) groups is 1. The second-order valence-corrected chi connectivity index (χ2v) is 6.28. The van der Waals surface area contributed by atoms with Crippen LogP contribution in [0.2, 0.25) is 0 Å². The summed E-state index contributed by atoms with van der Waals surface area (Å²) in [7, 11) is 3.88. The number of aromatic nitrogens is 1. The third-order valence-electron chi connectivity index (χ3n) is 3.27. The zero-order chi connectivity index (χ0) is 16.7. The molecule has 4 nitrogen and oxygen atoms in total. The Morgan fingerprint density at radius 1 is 1.30 bits per heavy atom. The van der Waals surface area contributed by atoms with Crippen LogP contribution in [0.1, 0.15) is 10.6 Å². The van der Waals surface area contributed by atoms with Crippen molar-refractivity contribution in [1.82, 2.24) is 14.8 Å². The van der Waals surface area contributed by atoms with E-state index in [4.69, 9.17) is 0 Å². The van der Waals surface area contributed by atoms with E-state index >= 15 is 0 Å². The summed E-state index contributed by atoms with van der Waals surface area (Å²) in [5, 5.41) is 2.63. The molecule has 1 amide bonds. The topological polar surface area (TPSA) is 36.4 Å². The van der Waals surface area contributed by atoms with Crippen LogP contribution in [0.5, 0.6) is 0 Å². The Morgan fingerprint density at radius 2 is 2.09 bits per heavy atom. The Kier molecular flexibility index (Phi) is 6.43. The molecule has 122 valence electrons. The molecule has 0 atom stereocenters. The average Bonchev–Trinajstić information content (AvgIpc) is 3.04. The first kappa shape index (κ1) is 17.3. The van der Waals surface area contributed by atoms with E-state index < -0.39 is 0 Å². The molecule has 0 radical (unpaired) electrons. The first-order chi connectivity index (χ1) is 11.1. The summed E-state index contributed by atoms with van der Waals surface area (Å²) in [5.41, 5.74) is 0.516. The molecular formula is C17H20FN3OS. The summed E-state index contributed by atoms with van der Waals surface area (Å²) in [6.07, 6.45) is 4.88. The van der Waals surface area contributed by atoms with Gasteiger partial charge in [0.15, 0.2) is 0 Å². The lowest BCUT2D eigenvalue weighted by Gasteiger charge is -2.23. The van der Waals surface area contributed by atoms with Crippen molar-refractivity contribution in [2.75, 3.05) is 27.2 Å². The summed E-state index contributed by atoms with van der Waals surface area (Å²) < 4.78 is 13.8. The van der Waals surface area contributed by atoms with E-state index in [9.17, 15) is 9.18 Å². The number of hydrogen-bond donors (Lipinski definition) is 0. The Bertz CT molecular complexity index is 656. The van der Waals surface area contributed by atoms with Crippen LogP contribution in [0, 0.1) is 5.82 Å². The minimum Gasteiger partial charge on any atom is -0.333 e. The van der Waals surface area contributed by atoms with E-state index in [1.807, 2.05) is 24.4 Å². The molecule has 6 heteroatoms. The second kappa shape index (κ2) is 8.55. The summed E-state index contributed by atoms with van der Waals surface area (Å²) in [5.74, 6) is -0.440. The van der Waals surface area contributed by atoms with E-state index in [-0.39, 0.29) is 18.3 Å². The van der Waals surface area contributed by atoms with E-state index in [0.29, 0.717) is 18.7 Å². The number of hydrogen-bond acceptors (Lipinski definition) is 4.